The van der Waals surface area contributed by atoms with Crippen molar-refractivity contribution in [2.75, 3.05) is 24.5 Å². The second kappa shape index (κ2) is 8.90. The lowest BCUT2D eigenvalue weighted by atomic mass is 10.1. The molecule has 35 heavy (non-hydrogen) atoms. The number of anilines is 1. The van der Waals surface area contributed by atoms with Gasteiger partial charge in [-0.1, -0.05) is 30.3 Å². The smallest absolute Gasteiger partial charge is 0.265 e. The van der Waals surface area contributed by atoms with Gasteiger partial charge in [0, 0.05) is 13.1 Å². The molecule has 9 nitrogen and oxygen atoms in total. The minimum Gasteiger partial charge on any atom is -0.477 e. The van der Waals surface area contributed by atoms with E-state index in [1.165, 1.54) is 6.20 Å². The summed E-state index contributed by atoms with van der Waals surface area (Å²) in [5, 5.41) is 4.82. The van der Waals surface area contributed by atoms with Gasteiger partial charge in [-0.3, -0.25) is 9.59 Å². The number of aromatic nitrogens is 4. The van der Waals surface area contributed by atoms with Crippen molar-refractivity contribution in [3.63, 3.8) is 0 Å². The van der Waals surface area contributed by atoms with Crippen LogP contribution in [-0.2, 0) is 11.3 Å². The lowest BCUT2D eigenvalue weighted by Gasteiger charge is -2.38. The van der Waals surface area contributed by atoms with Gasteiger partial charge in [0.25, 0.3) is 11.5 Å². The molecule has 1 N–H and O–H groups in total. The van der Waals surface area contributed by atoms with Gasteiger partial charge >= 0.3 is 0 Å². The molecule has 2 aromatic carbocycles. The van der Waals surface area contributed by atoms with E-state index in [4.69, 9.17) is 9.72 Å². The molecule has 0 radical (unpaired) electrons. The maximum atomic E-state index is 13.2. The summed E-state index contributed by atoms with van der Waals surface area (Å²) in [7, 11) is 0. The van der Waals surface area contributed by atoms with Crippen LogP contribution in [-0.4, -0.2) is 56.3 Å². The molecular formula is C26H26N6O3. The summed E-state index contributed by atoms with van der Waals surface area (Å²) in [5.74, 6) is 1.18. The highest BCUT2D eigenvalue weighted by atomic mass is 16.5. The van der Waals surface area contributed by atoms with E-state index in [1.807, 2.05) is 59.5 Å². The molecule has 2 aliphatic rings. The van der Waals surface area contributed by atoms with E-state index in [1.54, 1.807) is 4.68 Å². The van der Waals surface area contributed by atoms with Crippen molar-refractivity contribution < 1.29 is 9.53 Å². The average Bonchev–Trinajstić information content (AvgIpc) is 3.34. The number of carbonyl (C=O) groups is 1. The molecular weight excluding hydrogens is 444 g/mol. The summed E-state index contributed by atoms with van der Waals surface area (Å²) < 4.78 is 7.80. The number of carbonyl (C=O) groups excluding carboxylic acids is 1. The number of benzene rings is 2. The van der Waals surface area contributed by atoms with E-state index in [-0.39, 0.29) is 11.5 Å². The Balaban J connectivity index is 1.33. The number of aromatic amines is 1. The Morgan fingerprint density at radius 2 is 1.80 bits per heavy atom. The zero-order valence-corrected chi connectivity index (χ0v) is 19.3. The van der Waals surface area contributed by atoms with E-state index in [0.717, 1.165) is 43.7 Å². The fraction of sp³-hybridized carbons (Fsp3) is 0.308. The third kappa shape index (κ3) is 4.03. The molecule has 6 rings (SSSR count). The highest BCUT2D eigenvalue weighted by molar-refractivity contribution is 5.83. The number of H-pyrrole nitrogens is 1. The molecule has 9 heteroatoms. The number of hydrogen-bond donors (Lipinski definition) is 1. The Morgan fingerprint density at radius 1 is 1.03 bits per heavy atom. The number of hydrogen-bond acceptors (Lipinski definition) is 6. The first-order chi connectivity index (χ1) is 17.2. The SMILES string of the molecule is O=C(C1CN(Cc2nc3c(cnn3-c3ccccc3)c(=O)[nH]2)c2ccccc2O1)N1CCCCC1. The third-order valence-corrected chi connectivity index (χ3v) is 6.63. The first kappa shape index (κ1) is 21.4. The number of para-hydroxylation sites is 3. The van der Waals surface area contributed by atoms with Crippen LogP contribution in [0.2, 0.25) is 0 Å². The Bertz CT molecular complexity index is 1420. The maximum absolute atomic E-state index is 13.2. The highest BCUT2D eigenvalue weighted by Gasteiger charge is 2.34. The predicted molar refractivity (Wildman–Crippen MR) is 132 cm³/mol. The molecule has 1 unspecified atom stereocenters. The molecule has 0 aliphatic carbocycles. The molecule has 1 amide bonds. The van der Waals surface area contributed by atoms with Crippen molar-refractivity contribution in [1.29, 1.82) is 0 Å². The number of fused-ring (bicyclic) bond motifs is 2. The summed E-state index contributed by atoms with van der Waals surface area (Å²) in [6.45, 7) is 2.26. The summed E-state index contributed by atoms with van der Waals surface area (Å²) in [6, 6.07) is 17.3. The van der Waals surface area contributed by atoms with Gasteiger partial charge in [-0.25, -0.2) is 9.67 Å². The molecule has 2 aromatic heterocycles. The molecule has 1 atom stereocenters. The van der Waals surface area contributed by atoms with Crippen molar-refractivity contribution in [3.05, 3.63) is 77.0 Å². The van der Waals surface area contributed by atoms with Crippen molar-refractivity contribution in [1.82, 2.24) is 24.6 Å². The Kier molecular flexibility index (Phi) is 5.44. The van der Waals surface area contributed by atoms with Crippen LogP contribution in [0.1, 0.15) is 25.1 Å². The van der Waals surface area contributed by atoms with Gasteiger partial charge < -0.3 is 19.5 Å². The topological polar surface area (TPSA) is 96.3 Å². The first-order valence-corrected chi connectivity index (χ1v) is 12.0. The Labute approximate surface area is 202 Å². The Morgan fingerprint density at radius 3 is 2.63 bits per heavy atom. The minimum atomic E-state index is -0.603. The minimum absolute atomic E-state index is 0.0169. The van der Waals surface area contributed by atoms with Crippen LogP contribution >= 0.6 is 0 Å². The van der Waals surface area contributed by atoms with Crippen molar-refractivity contribution in [2.45, 2.75) is 31.9 Å². The predicted octanol–water partition coefficient (Wildman–Crippen LogP) is 2.89. The van der Waals surface area contributed by atoms with Crippen molar-refractivity contribution >= 4 is 22.6 Å². The number of piperidine rings is 1. The fourth-order valence-corrected chi connectivity index (χ4v) is 4.88. The van der Waals surface area contributed by atoms with E-state index >= 15 is 0 Å². The molecule has 2 aliphatic heterocycles. The number of nitrogens with one attached hydrogen (secondary N) is 1. The van der Waals surface area contributed by atoms with E-state index in [0.29, 0.717) is 35.7 Å². The highest BCUT2D eigenvalue weighted by Crippen LogP contribution is 2.34. The normalized spacial score (nSPS) is 17.8. The summed E-state index contributed by atoms with van der Waals surface area (Å²) >= 11 is 0. The second-order valence-corrected chi connectivity index (χ2v) is 8.98. The van der Waals surface area contributed by atoms with Gasteiger partial charge in [0.15, 0.2) is 11.8 Å². The van der Waals surface area contributed by atoms with E-state index in [9.17, 15) is 9.59 Å². The van der Waals surface area contributed by atoms with Crippen molar-refractivity contribution in [2.24, 2.45) is 0 Å². The third-order valence-electron chi connectivity index (χ3n) is 6.63. The van der Waals surface area contributed by atoms with Crippen LogP contribution in [0.5, 0.6) is 5.75 Å². The van der Waals surface area contributed by atoms with Gasteiger partial charge in [-0.2, -0.15) is 5.10 Å². The largest absolute Gasteiger partial charge is 0.477 e. The molecule has 4 heterocycles. The van der Waals surface area contributed by atoms with Crippen molar-refractivity contribution in [3.8, 4) is 11.4 Å². The molecule has 178 valence electrons. The van der Waals surface area contributed by atoms with E-state index in [2.05, 4.69) is 15.0 Å². The van der Waals surface area contributed by atoms with Crippen LogP contribution in [0.3, 0.4) is 0 Å². The molecule has 0 saturated carbocycles. The molecule has 1 saturated heterocycles. The van der Waals surface area contributed by atoms with Crippen LogP contribution < -0.4 is 15.2 Å². The number of rotatable bonds is 4. The number of nitrogens with zero attached hydrogens (tertiary/aromatic N) is 5. The van der Waals surface area contributed by atoms with Gasteiger partial charge in [0.05, 0.1) is 30.7 Å². The second-order valence-electron chi connectivity index (χ2n) is 8.98. The fourth-order valence-electron chi connectivity index (χ4n) is 4.88. The molecule has 1 fully saturated rings. The maximum Gasteiger partial charge on any atom is 0.265 e. The standard InChI is InChI=1S/C26H26N6O3/c33-25-19-15-27-32(18-9-3-1-4-10-18)24(19)28-23(29-25)17-31-16-22(26(34)30-13-7-2-8-14-30)35-21-12-6-5-11-20(21)31/h1,3-6,9-12,15,22H,2,7-8,13-14,16-17H2,(H,28,29,33). The monoisotopic (exact) mass is 470 g/mol. The summed E-state index contributed by atoms with van der Waals surface area (Å²) in [6.07, 6.45) is 4.15. The van der Waals surface area contributed by atoms with Gasteiger partial charge in [0.1, 0.15) is 17.0 Å². The summed E-state index contributed by atoms with van der Waals surface area (Å²) in [4.78, 5) is 37.7. The summed E-state index contributed by atoms with van der Waals surface area (Å²) in [5.41, 5.74) is 1.96. The number of amides is 1. The number of likely N-dealkylation sites (tertiary alicyclic amines) is 1. The number of ether oxygens (including phenoxy) is 1. The molecule has 0 bridgehead atoms. The average molecular weight is 471 g/mol. The first-order valence-electron chi connectivity index (χ1n) is 12.0. The van der Waals surface area contributed by atoms with Crippen LogP contribution in [0, 0.1) is 0 Å². The zero-order valence-electron chi connectivity index (χ0n) is 19.3. The molecule has 4 aromatic rings. The van der Waals surface area contributed by atoms with Crippen LogP contribution in [0.15, 0.2) is 65.6 Å². The Hall–Kier alpha value is -4.14. The molecule has 0 spiro atoms. The van der Waals surface area contributed by atoms with Crippen LogP contribution in [0.4, 0.5) is 5.69 Å². The van der Waals surface area contributed by atoms with Crippen LogP contribution in [0.25, 0.3) is 16.7 Å². The van der Waals surface area contributed by atoms with Gasteiger partial charge in [-0.05, 0) is 43.5 Å². The zero-order chi connectivity index (χ0) is 23.8. The van der Waals surface area contributed by atoms with Gasteiger partial charge in [-0.15, -0.1) is 0 Å². The lowest BCUT2D eigenvalue weighted by molar-refractivity contribution is -0.139. The van der Waals surface area contributed by atoms with Gasteiger partial charge in [0.2, 0.25) is 0 Å². The lowest BCUT2D eigenvalue weighted by Crippen LogP contribution is -2.51. The van der Waals surface area contributed by atoms with E-state index < -0.39 is 6.10 Å². The quantitative estimate of drug-likeness (QED) is 0.493.